The third kappa shape index (κ3) is 25.2. The molecule has 0 radical (unpaired) electrons. The van der Waals surface area contributed by atoms with Crippen LogP contribution >= 0.6 is 0 Å². The van der Waals surface area contributed by atoms with Gasteiger partial charge in [-0.05, 0) is 56.3 Å². The summed E-state index contributed by atoms with van der Waals surface area (Å²) in [7, 11) is 0. The highest BCUT2D eigenvalue weighted by Gasteiger charge is 2.38. The lowest BCUT2D eigenvalue weighted by Gasteiger charge is -2.30. The van der Waals surface area contributed by atoms with E-state index < -0.39 is 194 Å². The van der Waals surface area contributed by atoms with Gasteiger partial charge in [0, 0.05) is 32.0 Å². The van der Waals surface area contributed by atoms with Crippen molar-refractivity contribution in [3.8, 4) is 0 Å². The number of carboxylic acids is 2. The number of nitrogens with two attached hydrogens (primary N) is 3. The van der Waals surface area contributed by atoms with Crippen molar-refractivity contribution in [3.05, 3.63) is 18.2 Å². The average Bonchev–Trinajstić information content (AvgIpc) is 3.93. The molecule has 0 aliphatic heterocycles. The van der Waals surface area contributed by atoms with Crippen molar-refractivity contribution in [2.45, 2.75) is 180 Å². The molecule has 32 nitrogen and oxygen atoms in total. The highest BCUT2D eigenvalue weighted by molar-refractivity contribution is 5.99. The van der Waals surface area contributed by atoms with Crippen LogP contribution in [0.4, 0.5) is 0 Å². The van der Waals surface area contributed by atoms with Crippen LogP contribution in [0.3, 0.4) is 0 Å². The monoisotopic (exact) mass is 1170 g/mol. The molecule has 22 N–H and O–H groups in total. The van der Waals surface area contributed by atoms with E-state index in [1.807, 2.05) is 0 Å². The molecule has 0 aliphatic carbocycles. The van der Waals surface area contributed by atoms with Crippen LogP contribution in [0.15, 0.2) is 12.5 Å². The van der Waals surface area contributed by atoms with Gasteiger partial charge in [-0.1, -0.05) is 61.8 Å². The van der Waals surface area contributed by atoms with Gasteiger partial charge in [0.2, 0.25) is 59.1 Å². The summed E-state index contributed by atoms with van der Waals surface area (Å²) < 4.78 is 0. The molecule has 10 amide bonds. The number of amides is 10. The maximum absolute atomic E-state index is 14.2. The Morgan fingerprint density at radius 3 is 1.46 bits per heavy atom. The van der Waals surface area contributed by atoms with Crippen LogP contribution in [-0.4, -0.2) is 187 Å². The highest BCUT2D eigenvalue weighted by atomic mass is 16.4. The van der Waals surface area contributed by atoms with E-state index in [0.29, 0.717) is 0 Å². The first-order valence-corrected chi connectivity index (χ1v) is 26.8. The van der Waals surface area contributed by atoms with Crippen molar-refractivity contribution in [3.63, 3.8) is 0 Å². The van der Waals surface area contributed by atoms with Crippen molar-refractivity contribution in [1.29, 1.82) is 5.41 Å². The van der Waals surface area contributed by atoms with E-state index in [1.165, 1.54) is 12.5 Å². The molecule has 0 saturated heterocycles. The second-order valence-electron chi connectivity index (χ2n) is 20.8. The second-order valence-corrected chi connectivity index (χ2v) is 20.8. The zero-order valence-electron chi connectivity index (χ0n) is 47.8. The van der Waals surface area contributed by atoms with Gasteiger partial charge in [0.05, 0.1) is 30.8 Å². The average molecular weight is 1170 g/mol. The number of carbonyl (C=O) groups excluding carboxylic acids is 10. The van der Waals surface area contributed by atoms with Gasteiger partial charge < -0.3 is 95.8 Å². The molecule has 0 spiro atoms. The van der Waals surface area contributed by atoms with Crippen LogP contribution in [0.2, 0.25) is 0 Å². The summed E-state index contributed by atoms with van der Waals surface area (Å²) in [6.07, 6.45) is -1.62. The number of aliphatic hydroxyl groups excluding tert-OH is 2. The molecular formula is C50H86N16O16. The van der Waals surface area contributed by atoms with Gasteiger partial charge in [-0.2, -0.15) is 0 Å². The molecule has 0 bridgehead atoms. The Kier molecular flexibility index (Phi) is 31.3. The summed E-state index contributed by atoms with van der Waals surface area (Å²) in [5, 5.41) is 71.8. The maximum Gasteiger partial charge on any atom is 0.326 e. The van der Waals surface area contributed by atoms with E-state index in [4.69, 9.17) is 22.6 Å². The summed E-state index contributed by atoms with van der Waals surface area (Å²) in [4.78, 5) is 166. The standard InChI is InChI=1S/C50H86N16O16/c1-10-25(8)38(47(79)64-37(24(6)7)45(77)60-30(49(81)82)12-11-17-56-50(53)54)65-41(73)28(13-15-33(51)69)58-40(72)29(14-16-34(70)71)59-42(74)31(18-27-19-55-21-57-27)61-48(80)39(26(9)68)66-43(75)32(20-67)62-46(78)36(23(4)5)63-44(76)35(52)22(2)3/h19,21-26,28-32,35-39,67-68H,10-18,20,52H2,1-9H3,(H2,51,69)(H,55,57)(H,58,72)(H,59,74)(H,60,77)(H,61,80)(H,62,78)(H,63,76)(H,64,79)(H,65,73)(H,66,75)(H,70,71)(H,81,82)(H4,53,54,56)/t25-,26+,28-,29-,30-,31-,32-,35-,36-,37-,38-,39-/m0/s1. The lowest BCUT2D eigenvalue weighted by molar-refractivity contribution is -0.143. The summed E-state index contributed by atoms with van der Waals surface area (Å²) in [6.45, 7) is 13.2. The molecule has 1 aromatic heterocycles. The van der Waals surface area contributed by atoms with Crippen LogP contribution in [0, 0.1) is 29.1 Å². The number of aromatic nitrogens is 2. The molecule has 0 fully saturated rings. The van der Waals surface area contributed by atoms with Gasteiger partial charge in [0.15, 0.2) is 5.96 Å². The van der Waals surface area contributed by atoms with Crippen molar-refractivity contribution in [1.82, 2.24) is 63.1 Å². The van der Waals surface area contributed by atoms with Gasteiger partial charge in [-0.15, -0.1) is 0 Å². The van der Waals surface area contributed by atoms with E-state index in [-0.39, 0.29) is 43.4 Å². The van der Waals surface area contributed by atoms with E-state index >= 15 is 0 Å². The normalized spacial score (nSPS) is 15.6. The number of nitrogens with one attached hydrogen (secondary N) is 12. The van der Waals surface area contributed by atoms with Crippen molar-refractivity contribution in [2.75, 3.05) is 13.2 Å². The number of hydrogen-bond donors (Lipinski definition) is 19. The minimum atomic E-state index is -1.90. The number of H-pyrrole nitrogens is 1. The first-order valence-electron chi connectivity index (χ1n) is 26.8. The number of hydrogen-bond acceptors (Lipinski definition) is 17. The predicted octanol–water partition coefficient (Wildman–Crippen LogP) is -5.49. The number of aromatic amines is 1. The van der Waals surface area contributed by atoms with Gasteiger partial charge in [-0.25, -0.2) is 9.78 Å². The minimum absolute atomic E-state index is 0.0726. The van der Waals surface area contributed by atoms with Gasteiger partial charge in [-0.3, -0.25) is 58.1 Å². The fourth-order valence-corrected chi connectivity index (χ4v) is 7.70. The lowest BCUT2D eigenvalue weighted by atomic mass is 9.95. The third-order valence-electron chi connectivity index (χ3n) is 13.0. The molecule has 1 rings (SSSR count). The Balaban J connectivity index is 3.54. The summed E-state index contributed by atoms with van der Waals surface area (Å²) >= 11 is 0. The highest BCUT2D eigenvalue weighted by Crippen LogP contribution is 2.14. The molecule has 1 heterocycles. The Morgan fingerprint density at radius 2 is 1.01 bits per heavy atom. The molecule has 12 atom stereocenters. The van der Waals surface area contributed by atoms with Gasteiger partial charge in [0.25, 0.3) is 0 Å². The fourth-order valence-electron chi connectivity index (χ4n) is 7.70. The third-order valence-corrected chi connectivity index (χ3v) is 13.0. The van der Waals surface area contributed by atoms with Gasteiger partial charge in [0.1, 0.15) is 54.4 Å². The zero-order valence-corrected chi connectivity index (χ0v) is 47.8. The summed E-state index contributed by atoms with van der Waals surface area (Å²) in [5.41, 5.74) is 16.8. The summed E-state index contributed by atoms with van der Waals surface area (Å²) in [6, 6.07) is -15.3. The predicted molar refractivity (Wildman–Crippen MR) is 292 cm³/mol. The van der Waals surface area contributed by atoms with E-state index in [9.17, 15) is 78.0 Å². The topological polar surface area (TPSA) is 537 Å². The molecule has 0 saturated carbocycles. The number of aliphatic carboxylic acids is 2. The van der Waals surface area contributed by atoms with Crippen molar-refractivity contribution >= 4 is 77.0 Å². The smallest absolute Gasteiger partial charge is 0.326 e. The molecule has 0 unspecified atom stereocenters. The number of aliphatic hydroxyl groups is 2. The molecule has 0 aliphatic rings. The van der Waals surface area contributed by atoms with Crippen LogP contribution in [0.25, 0.3) is 0 Å². The molecule has 32 heteroatoms. The number of nitrogens with zero attached hydrogens (tertiary/aromatic N) is 1. The Morgan fingerprint density at radius 1 is 0.573 bits per heavy atom. The van der Waals surface area contributed by atoms with Crippen molar-refractivity contribution in [2.24, 2.45) is 40.9 Å². The number of carboxylic acid groups (broad SMARTS) is 2. The molecule has 462 valence electrons. The van der Waals surface area contributed by atoms with Crippen LogP contribution in [-0.2, 0) is 64.0 Å². The number of rotatable bonds is 38. The van der Waals surface area contributed by atoms with E-state index in [1.54, 1.807) is 55.4 Å². The minimum Gasteiger partial charge on any atom is -0.481 e. The number of carbonyl (C=O) groups is 12. The van der Waals surface area contributed by atoms with Crippen LogP contribution in [0.5, 0.6) is 0 Å². The summed E-state index contributed by atoms with van der Waals surface area (Å²) in [5.74, 6) is -15.3. The Labute approximate surface area is 474 Å². The second kappa shape index (κ2) is 35.7. The first kappa shape index (κ1) is 72.0. The largest absolute Gasteiger partial charge is 0.481 e. The molecular weight excluding hydrogens is 1080 g/mol. The van der Waals surface area contributed by atoms with E-state index in [0.717, 1.165) is 6.92 Å². The number of guanidine groups is 1. The molecule has 0 aromatic carbocycles. The first-order chi connectivity index (χ1) is 38.3. The van der Waals surface area contributed by atoms with Crippen molar-refractivity contribution < 1.29 is 78.0 Å². The Bertz CT molecular complexity index is 2350. The van der Waals surface area contributed by atoms with Crippen LogP contribution in [0.1, 0.15) is 113 Å². The van der Waals surface area contributed by atoms with Crippen LogP contribution < -0.4 is 70.4 Å². The quantitative estimate of drug-likeness (QED) is 0.0167. The Hall–Kier alpha value is -8.00. The molecule has 82 heavy (non-hydrogen) atoms. The zero-order chi connectivity index (χ0) is 62.7. The lowest BCUT2D eigenvalue weighted by Crippen LogP contribution is -2.63. The SMILES string of the molecule is CC[C@H](C)[C@H](NC(=O)[C@H](CCC(N)=O)NC(=O)[C@H](CCC(=O)O)NC(=O)[C@H](Cc1c[nH]cn1)NC(=O)[C@@H](NC(=O)[C@H](CO)NC(=O)[C@@H](NC(=O)[C@@H](N)C(C)C)C(C)C)[C@@H](C)O)C(=O)N[C@H](C(=O)N[C@@H](CCCNC(=N)N)C(=O)O)C(C)C. The van der Waals surface area contributed by atoms with E-state index in [2.05, 4.69) is 63.1 Å². The molecule has 1 aromatic rings. The van der Waals surface area contributed by atoms with Gasteiger partial charge >= 0.3 is 11.9 Å². The number of imidazole rings is 1. The maximum atomic E-state index is 14.2. The fraction of sp³-hybridized carbons (Fsp3) is 0.680. The number of primary amides is 1.